The maximum atomic E-state index is 12.4. The molecule has 3 aromatic carbocycles. The van der Waals surface area contributed by atoms with Crippen LogP contribution in [0.2, 0.25) is 0 Å². The number of benzene rings is 3. The number of hydrogen-bond acceptors (Lipinski definition) is 1. The molecule has 0 N–H and O–H groups in total. The predicted octanol–water partition coefficient (Wildman–Crippen LogP) is 4.33. The largest absolute Gasteiger partial charge is 0.340 e. The molecule has 0 aliphatic heterocycles. The van der Waals surface area contributed by atoms with E-state index >= 15 is 0 Å². The van der Waals surface area contributed by atoms with Crippen LogP contribution in [0.25, 0.3) is 6.08 Å². The molecule has 0 aliphatic carbocycles. The average Bonchev–Trinajstić information content (AvgIpc) is 2.76. The highest BCUT2D eigenvalue weighted by Crippen LogP contribution is 2.34. The normalized spacial score (nSPS) is 11.1. The van der Waals surface area contributed by atoms with Crippen molar-refractivity contribution < 1.29 is 4.79 Å². The van der Waals surface area contributed by atoms with Gasteiger partial charge in [0.05, 0.1) is 0 Å². The van der Waals surface area contributed by atoms with E-state index in [-0.39, 0.29) is 5.91 Å². The summed E-state index contributed by atoms with van der Waals surface area (Å²) in [5.74, 6) is 0.0588. The fourth-order valence-corrected chi connectivity index (χ4v) is 5.65. The quantitative estimate of drug-likeness (QED) is 0.437. The second-order valence-electron chi connectivity index (χ2n) is 6.41. The van der Waals surface area contributed by atoms with E-state index in [0.717, 1.165) is 18.7 Å². The molecular formula is C25H26NOP. The Morgan fingerprint density at radius 1 is 0.786 bits per heavy atom. The Morgan fingerprint density at radius 2 is 1.29 bits per heavy atom. The van der Waals surface area contributed by atoms with Crippen molar-refractivity contribution >= 4 is 35.8 Å². The van der Waals surface area contributed by atoms with Gasteiger partial charge in [0.15, 0.2) is 0 Å². The first-order valence-corrected chi connectivity index (χ1v) is 11.0. The molecule has 2 nitrogen and oxygen atoms in total. The predicted molar refractivity (Wildman–Crippen MR) is 122 cm³/mol. The van der Waals surface area contributed by atoms with Gasteiger partial charge in [-0.1, -0.05) is 84.9 Å². The molecule has 142 valence electrons. The topological polar surface area (TPSA) is 20.3 Å². The van der Waals surface area contributed by atoms with Gasteiger partial charge < -0.3 is 4.90 Å². The lowest BCUT2D eigenvalue weighted by atomic mass is 10.2. The third-order valence-electron chi connectivity index (χ3n) is 4.69. The first kappa shape index (κ1) is 20.0. The van der Waals surface area contributed by atoms with Crippen molar-refractivity contribution in [3.63, 3.8) is 0 Å². The van der Waals surface area contributed by atoms with E-state index in [4.69, 9.17) is 0 Å². The fraction of sp³-hybridized carbons (Fsp3) is 0.160. The number of nitrogens with zero attached hydrogens (tertiary/aromatic N) is 1. The van der Waals surface area contributed by atoms with Gasteiger partial charge in [-0.25, -0.2) is 0 Å². The molecule has 0 bridgehead atoms. The smallest absolute Gasteiger partial charge is 0.246 e. The number of likely N-dealkylation sites (N-methyl/N-ethyl adjacent to an activating group) is 1. The van der Waals surface area contributed by atoms with Gasteiger partial charge in [0.2, 0.25) is 5.91 Å². The zero-order valence-corrected chi connectivity index (χ0v) is 17.3. The van der Waals surface area contributed by atoms with Gasteiger partial charge >= 0.3 is 0 Å². The second kappa shape index (κ2) is 10.0. The lowest BCUT2D eigenvalue weighted by Gasteiger charge is -2.21. The third kappa shape index (κ3) is 4.77. The molecule has 0 saturated heterocycles. The molecule has 3 aromatic rings. The van der Waals surface area contributed by atoms with Crippen molar-refractivity contribution in [1.82, 2.24) is 4.90 Å². The summed E-state index contributed by atoms with van der Waals surface area (Å²) in [5.41, 5.74) is 1.10. The average molecular weight is 387 g/mol. The zero-order chi connectivity index (χ0) is 19.8. The van der Waals surface area contributed by atoms with Gasteiger partial charge in [-0.2, -0.15) is 0 Å². The molecule has 0 unspecified atom stereocenters. The van der Waals surface area contributed by atoms with E-state index in [1.54, 1.807) is 6.08 Å². The molecule has 3 heteroatoms. The van der Waals surface area contributed by atoms with Crippen molar-refractivity contribution in [2.75, 3.05) is 13.1 Å². The van der Waals surface area contributed by atoms with Crippen LogP contribution in [-0.2, 0) is 4.79 Å². The summed E-state index contributed by atoms with van der Waals surface area (Å²) in [7, 11) is -0.696. The second-order valence-corrected chi connectivity index (χ2v) is 8.59. The number of hydrogen-bond donors (Lipinski definition) is 0. The van der Waals surface area contributed by atoms with E-state index in [1.165, 1.54) is 15.9 Å². The maximum Gasteiger partial charge on any atom is 0.246 e. The minimum atomic E-state index is -0.696. The van der Waals surface area contributed by atoms with Crippen molar-refractivity contribution in [3.05, 3.63) is 96.6 Å². The number of amides is 1. The van der Waals surface area contributed by atoms with Crippen LogP contribution in [0.15, 0.2) is 91.0 Å². The molecule has 28 heavy (non-hydrogen) atoms. The highest BCUT2D eigenvalue weighted by Gasteiger charge is 2.18. The Bertz CT molecular complexity index is 878. The standard InChI is InChI=1S/C25H26NOP/c1-3-26(4-2)25(27)20-19-21-13-11-12-18-24(21)28(22-14-7-5-8-15-22)23-16-9-6-10-17-23/h5-20H,3-4H2,1-2H3/b20-19+. The van der Waals surface area contributed by atoms with Crippen molar-refractivity contribution in [3.8, 4) is 0 Å². The minimum absolute atomic E-state index is 0.0588. The van der Waals surface area contributed by atoms with Gasteiger partial charge in [0.1, 0.15) is 0 Å². The van der Waals surface area contributed by atoms with Crippen molar-refractivity contribution in [2.45, 2.75) is 13.8 Å². The minimum Gasteiger partial charge on any atom is -0.340 e. The van der Waals surface area contributed by atoms with Crippen LogP contribution in [-0.4, -0.2) is 23.9 Å². The van der Waals surface area contributed by atoms with Crippen LogP contribution >= 0.6 is 7.92 Å². The van der Waals surface area contributed by atoms with Gasteiger partial charge in [-0.15, -0.1) is 0 Å². The highest BCUT2D eigenvalue weighted by atomic mass is 31.1. The molecule has 0 atom stereocenters. The summed E-state index contributed by atoms with van der Waals surface area (Å²) in [6.07, 6.45) is 3.67. The fourth-order valence-electron chi connectivity index (χ4n) is 3.22. The summed E-state index contributed by atoms with van der Waals surface area (Å²) in [6.45, 7) is 5.46. The first-order chi connectivity index (χ1) is 13.7. The zero-order valence-electron chi connectivity index (χ0n) is 16.5. The van der Waals surface area contributed by atoms with Gasteiger partial charge in [-0.3, -0.25) is 4.79 Å². The Balaban J connectivity index is 2.04. The molecule has 3 rings (SSSR count). The SMILES string of the molecule is CCN(CC)C(=O)/C=C/c1ccccc1P(c1ccccc1)c1ccccc1. The molecule has 0 radical (unpaired) electrons. The summed E-state index contributed by atoms with van der Waals surface area (Å²) in [6, 6.07) is 29.7. The Morgan fingerprint density at radius 3 is 1.82 bits per heavy atom. The van der Waals surface area contributed by atoms with E-state index in [2.05, 4.69) is 78.9 Å². The van der Waals surface area contributed by atoms with E-state index in [0.29, 0.717) is 0 Å². The van der Waals surface area contributed by atoms with Crippen LogP contribution in [0.3, 0.4) is 0 Å². The highest BCUT2D eigenvalue weighted by molar-refractivity contribution is 7.80. The molecule has 0 fully saturated rings. The molecule has 1 amide bonds. The molecule has 0 aliphatic rings. The summed E-state index contributed by atoms with van der Waals surface area (Å²) in [4.78, 5) is 14.3. The lowest BCUT2D eigenvalue weighted by Crippen LogP contribution is -2.28. The van der Waals surface area contributed by atoms with Crippen molar-refractivity contribution in [1.29, 1.82) is 0 Å². The number of carbonyl (C=O) groups is 1. The van der Waals surface area contributed by atoms with Crippen LogP contribution in [0.1, 0.15) is 19.4 Å². The van der Waals surface area contributed by atoms with Crippen molar-refractivity contribution in [2.24, 2.45) is 0 Å². The molecule has 0 saturated carbocycles. The molecule has 0 spiro atoms. The summed E-state index contributed by atoms with van der Waals surface area (Å²) < 4.78 is 0. The molecule has 0 aromatic heterocycles. The Hall–Kier alpha value is -2.70. The van der Waals surface area contributed by atoms with E-state index in [1.807, 2.05) is 30.9 Å². The summed E-state index contributed by atoms with van der Waals surface area (Å²) >= 11 is 0. The van der Waals surface area contributed by atoms with Crippen LogP contribution in [0, 0.1) is 0 Å². The Labute approximate surface area is 169 Å². The molecular weight excluding hydrogens is 361 g/mol. The molecule has 0 heterocycles. The van der Waals surface area contributed by atoms with Gasteiger partial charge in [0, 0.05) is 19.2 Å². The van der Waals surface area contributed by atoms with E-state index < -0.39 is 7.92 Å². The van der Waals surface area contributed by atoms with Crippen LogP contribution < -0.4 is 15.9 Å². The Kier molecular flexibility index (Phi) is 7.17. The number of carbonyl (C=O) groups excluding carboxylic acids is 1. The van der Waals surface area contributed by atoms with Gasteiger partial charge in [-0.05, 0) is 49.3 Å². The van der Waals surface area contributed by atoms with E-state index in [9.17, 15) is 4.79 Å². The van der Waals surface area contributed by atoms with Crippen LogP contribution in [0.4, 0.5) is 0 Å². The lowest BCUT2D eigenvalue weighted by molar-refractivity contribution is -0.125. The first-order valence-electron chi connectivity index (χ1n) is 9.70. The maximum absolute atomic E-state index is 12.4. The third-order valence-corrected chi connectivity index (χ3v) is 7.21. The van der Waals surface area contributed by atoms with Crippen LogP contribution in [0.5, 0.6) is 0 Å². The van der Waals surface area contributed by atoms with Gasteiger partial charge in [0.25, 0.3) is 0 Å². The number of rotatable bonds is 7. The summed E-state index contributed by atoms with van der Waals surface area (Å²) in [5, 5.41) is 3.87. The monoisotopic (exact) mass is 387 g/mol.